The molecule has 3 rings (SSSR count). The van der Waals surface area contributed by atoms with Crippen molar-refractivity contribution in [3.05, 3.63) is 22.2 Å². The molecule has 1 aromatic heterocycles. The van der Waals surface area contributed by atoms with E-state index in [0.29, 0.717) is 24.3 Å². The van der Waals surface area contributed by atoms with Crippen LogP contribution in [-0.4, -0.2) is 50.7 Å². The molecule has 1 atom stereocenters. The molecule has 1 aromatic rings. The van der Waals surface area contributed by atoms with E-state index in [9.17, 15) is 9.59 Å². The van der Waals surface area contributed by atoms with Gasteiger partial charge in [-0.3, -0.25) is 19.1 Å². The maximum atomic E-state index is 12.5. The third kappa shape index (κ3) is 4.76. The number of nitrogens with one attached hydrogen (secondary N) is 1. The standard InChI is InChI=1S/C18H28N4O3.ClH/c1-13-10-19-17(18(25)22(13)12-16(23)24)20-11-15-8-5-9-21(15)14-6-3-2-4-7-14;/h10,14-15H,2-9,11-12H2,1H3,(H,19,20)(H,23,24);1H/t15-;/m1./s1. The quantitative estimate of drug-likeness (QED) is 0.782. The summed E-state index contributed by atoms with van der Waals surface area (Å²) in [6, 6.07) is 1.11. The summed E-state index contributed by atoms with van der Waals surface area (Å²) < 4.78 is 1.26. The zero-order chi connectivity index (χ0) is 17.8. The molecule has 0 aromatic carbocycles. The van der Waals surface area contributed by atoms with Crippen LogP contribution in [0, 0.1) is 6.92 Å². The first-order valence-electron chi connectivity index (χ1n) is 9.34. The molecule has 7 nitrogen and oxygen atoms in total. The summed E-state index contributed by atoms with van der Waals surface area (Å²) in [5.74, 6) is -0.774. The van der Waals surface area contributed by atoms with Gasteiger partial charge in [0.1, 0.15) is 6.54 Å². The molecule has 0 amide bonds. The minimum absolute atomic E-state index is 0. The van der Waals surface area contributed by atoms with Crippen molar-refractivity contribution in [3.8, 4) is 0 Å². The topological polar surface area (TPSA) is 87.5 Å². The van der Waals surface area contributed by atoms with Crippen LogP contribution in [0.2, 0.25) is 0 Å². The van der Waals surface area contributed by atoms with Crippen LogP contribution >= 0.6 is 12.4 Å². The monoisotopic (exact) mass is 384 g/mol. The first-order chi connectivity index (χ1) is 12.1. The van der Waals surface area contributed by atoms with Gasteiger partial charge in [0.25, 0.3) is 5.56 Å². The van der Waals surface area contributed by atoms with Crippen molar-refractivity contribution in [1.29, 1.82) is 0 Å². The Bertz CT molecular complexity index is 673. The highest BCUT2D eigenvalue weighted by Gasteiger charge is 2.31. The number of hydrogen-bond donors (Lipinski definition) is 2. The summed E-state index contributed by atoms with van der Waals surface area (Å²) in [4.78, 5) is 30.2. The number of nitrogens with zero attached hydrogens (tertiary/aromatic N) is 3. The molecular weight excluding hydrogens is 356 g/mol. The summed E-state index contributed by atoms with van der Waals surface area (Å²) in [5, 5.41) is 12.2. The minimum atomic E-state index is -1.03. The second-order valence-electron chi connectivity index (χ2n) is 7.24. The number of aryl methyl sites for hydroxylation is 1. The van der Waals surface area contributed by atoms with Gasteiger partial charge in [-0.05, 0) is 39.2 Å². The van der Waals surface area contributed by atoms with Crippen molar-refractivity contribution in [3.63, 3.8) is 0 Å². The number of halogens is 1. The van der Waals surface area contributed by atoms with E-state index in [4.69, 9.17) is 5.11 Å². The van der Waals surface area contributed by atoms with Crippen molar-refractivity contribution < 1.29 is 9.90 Å². The molecule has 146 valence electrons. The lowest BCUT2D eigenvalue weighted by molar-refractivity contribution is -0.137. The Morgan fingerprint density at radius 1 is 1.27 bits per heavy atom. The van der Waals surface area contributed by atoms with E-state index >= 15 is 0 Å². The number of carboxylic acids is 1. The molecule has 8 heteroatoms. The Kier molecular flexibility index (Phi) is 7.46. The van der Waals surface area contributed by atoms with Crippen molar-refractivity contribution in [2.75, 3.05) is 18.4 Å². The van der Waals surface area contributed by atoms with E-state index < -0.39 is 5.97 Å². The van der Waals surface area contributed by atoms with Gasteiger partial charge in [-0.15, -0.1) is 12.4 Å². The van der Waals surface area contributed by atoms with Crippen LogP contribution in [0.25, 0.3) is 0 Å². The van der Waals surface area contributed by atoms with Gasteiger partial charge >= 0.3 is 5.97 Å². The number of carboxylic acid groups (broad SMARTS) is 1. The van der Waals surface area contributed by atoms with Crippen molar-refractivity contribution in [1.82, 2.24) is 14.5 Å². The predicted octanol–water partition coefficient (Wildman–Crippen LogP) is 2.27. The number of aromatic nitrogens is 2. The molecule has 2 N–H and O–H groups in total. The second-order valence-corrected chi connectivity index (χ2v) is 7.24. The zero-order valence-electron chi connectivity index (χ0n) is 15.3. The van der Waals surface area contributed by atoms with E-state index in [1.807, 2.05) is 0 Å². The Morgan fingerprint density at radius 2 is 2.00 bits per heavy atom. The largest absolute Gasteiger partial charge is 0.480 e. The van der Waals surface area contributed by atoms with Gasteiger partial charge in [0, 0.05) is 30.5 Å². The summed E-state index contributed by atoms with van der Waals surface area (Å²) in [6.45, 7) is 3.19. The third-order valence-corrected chi connectivity index (χ3v) is 5.52. The van der Waals surface area contributed by atoms with E-state index in [2.05, 4.69) is 15.2 Å². The van der Waals surface area contributed by atoms with Crippen molar-refractivity contribution >= 4 is 24.2 Å². The maximum Gasteiger partial charge on any atom is 0.323 e. The molecule has 1 aliphatic heterocycles. The van der Waals surface area contributed by atoms with Crippen molar-refractivity contribution in [2.24, 2.45) is 0 Å². The average Bonchev–Trinajstić information content (AvgIpc) is 3.07. The fraction of sp³-hybridized carbons (Fsp3) is 0.722. The van der Waals surface area contributed by atoms with E-state index in [-0.39, 0.29) is 30.3 Å². The van der Waals surface area contributed by atoms with Gasteiger partial charge in [-0.25, -0.2) is 4.98 Å². The highest BCUT2D eigenvalue weighted by Crippen LogP contribution is 2.29. The summed E-state index contributed by atoms with van der Waals surface area (Å²) in [5.41, 5.74) is 0.201. The smallest absolute Gasteiger partial charge is 0.323 e. The number of likely N-dealkylation sites (tertiary alicyclic amines) is 1. The van der Waals surface area contributed by atoms with Crippen LogP contribution in [-0.2, 0) is 11.3 Å². The number of rotatable bonds is 6. The Hall–Kier alpha value is -1.60. The second kappa shape index (κ2) is 9.37. The van der Waals surface area contributed by atoms with Crippen LogP contribution in [0.5, 0.6) is 0 Å². The molecule has 0 bridgehead atoms. The van der Waals surface area contributed by atoms with Gasteiger partial charge < -0.3 is 10.4 Å². The summed E-state index contributed by atoms with van der Waals surface area (Å²) in [6.07, 6.45) is 10.5. The maximum absolute atomic E-state index is 12.5. The minimum Gasteiger partial charge on any atom is -0.480 e. The first kappa shape index (κ1) is 20.7. The molecule has 2 aliphatic rings. The van der Waals surface area contributed by atoms with Crippen LogP contribution in [0.3, 0.4) is 0 Å². The van der Waals surface area contributed by atoms with Crippen LogP contribution in [0.4, 0.5) is 5.82 Å². The predicted molar refractivity (Wildman–Crippen MR) is 103 cm³/mol. The molecule has 1 aliphatic carbocycles. The Balaban J connectivity index is 0.00000243. The van der Waals surface area contributed by atoms with Gasteiger partial charge in [0.15, 0.2) is 5.82 Å². The summed E-state index contributed by atoms with van der Waals surface area (Å²) >= 11 is 0. The number of carbonyl (C=O) groups is 1. The fourth-order valence-corrected chi connectivity index (χ4v) is 4.21. The zero-order valence-corrected chi connectivity index (χ0v) is 16.1. The highest BCUT2D eigenvalue weighted by atomic mass is 35.5. The first-order valence-corrected chi connectivity index (χ1v) is 9.34. The van der Waals surface area contributed by atoms with Crippen LogP contribution < -0.4 is 10.9 Å². The third-order valence-electron chi connectivity index (χ3n) is 5.52. The van der Waals surface area contributed by atoms with E-state index in [1.54, 1.807) is 13.1 Å². The molecule has 0 unspecified atom stereocenters. The normalized spacial score (nSPS) is 21.3. The SMILES string of the molecule is Cc1cnc(NC[C@H]2CCCN2C2CCCCC2)c(=O)n1CC(=O)O.Cl. The van der Waals surface area contributed by atoms with Crippen LogP contribution in [0.1, 0.15) is 50.6 Å². The molecule has 26 heavy (non-hydrogen) atoms. The number of aliphatic carboxylic acids is 1. The van der Waals surface area contributed by atoms with Crippen LogP contribution in [0.15, 0.2) is 11.0 Å². The van der Waals surface area contributed by atoms with Gasteiger partial charge in [0.05, 0.1) is 0 Å². The number of hydrogen-bond acceptors (Lipinski definition) is 5. The molecule has 1 saturated carbocycles. The molecule has 0 spiro atoms. The van der Waals surface area contributed by atoms with Gasteiger partial charge in [-0.1, -0.05) is 19.3 Å². The molecule has 0 radical (unpaired) electrons. The molecule has 2 heterocycles. The van der Waals surface area contributed by atoms with Gasteiger partial charge in [0.2, 0.25) is 0 Å². The van der Waals surface area contributed by atoms with Gasteiger partial charge in [-0.2, -0.15) is 0 Å². The Morgan fingerprint density at radius 3 is 2.69 bits per heavy atom. The average molecular weight is 385 g/mol. The Labute approximate surface area is 160 Å². The van der Waals surface area contributed by atoms with Crippen molar-refractivity contribution in [2.45, 2.75) is 70.5 Å². The summed E-state index contributed by atoms with van der Waals surface area (Å²) in [7, 11) is 0. The molecule has 1 saturated heterocycles. The van der Waals surface area contributed by atoms with E-state index in [0.717, 1.165) is 13.0 Å². The number of anilines is 1. The molecular formula is C18H29ClN4O3. The fourth-order valence-electron chi connectivity index (χ4n) is 4.21. The lowest BCUT2D eigenvalue weighted by Crippen LogP contribution is -2.43. The highest BCUT2D eigenvalue weighted by molar-refractivity contribution is 5.85. The lowest BCUT2D eigenvalue weighted by Gasteiger charge is -2.35. The lowest BCUT2D eigenvalue weighted by atomic mass is 9.94. The molecule has 2 fully saturated rings. The van der Waals surface area contributed by atoms with E-state index in [1.165, 1.54) is 43.1 Å².